The minimum absolute atomic E-state index is 0.147. The number of benzene rings is 2. The Morgan fingerprint density at radius 3 is 2.61 bits per heavy atom. The van der Waals surface area contributed by atoms with E-state index in [4.69, 9.17) is 11.6 Å². The van der Waals surface area contributed by atoms with Crippen molar-refractivity contribution in [3.05, 3.63) is 58.6 Å². The molecule has 0 saturated carbocycles. The fraction of sp³-hybridized carbons (Fsp3) is 0.235. The van der Waals surface area contributed by atoms with Gasteiger partial charge >= 0.3 is 0 Å². The lowest BCUT2D eigenvalue weighted by atomic mass is 10.1. The van der Waals surface area contributed by atoms with Crippen LogP contribution >= 0.6 is 11.6 Å². The van der Waals surface area contributed by atoms with Gasteiger partial charge in [0.25, 0.3) is 0 Å². The second-order valence-electron chi connectivity index (χ2n) is 5.60. The van der Waals surface area contributed by atoms with Gasteiger partial charge in [-0.2, -0.15) is 0 Å². The second kappa shape index (κ2) is 6.34. The molecule has 3 rings (SSSR count). The third kappa shape index (κ3) is 3.74. The Kier molecular flexibility index (Phi) is 4.41. The first-order chi connectivity index (χ1) is 10.9. The summed E-state index contributed by atoms with van der Waals surface area (Å²) >= 11 is 5.82. The molecule has 4 nitrogen and oxygen atoms in total. The van der Waals surface area contributed by atoms with Gasteiger partial charge in [-0.05, 0) is 54.3 Å². The summed E-state index contributed by atoms with van der Waals surface area (Å²) in [5, 5.41) is 3.45. The van der Waals surface area contributed by atoms with E-state index in [1.807, 2.05) is 0 Å². The Hall–Kier alpha value is -1.85. The van der Waals surface area contributed by atoms with Crippen LogP contribution in [0.3, 0.4) is 0 Å². The number of nitrogens with one attached hydrogen (secondary N) is 1. The maximum atomic E-state index is 12.1. The molecule has 2 aromatic carbocycles. The Labute approximate surface area is 140 Å². The highest BCUT2D eigenvalue weighted by atomic mass is 35.5. The van der Waals surface area contributed by atoms with Gasteiger partial charge in [0.1, 0.15) is 0 Å². The molecule has 0 aliphatic carbocycles. The first kappa shape index (κ1) is 16.0. The van der Waals surface area contributed by atoms with Crippen molar-refractivity contribution in [2.24, 2.45) is 0 Å². The van der Waals surface area contributed by atoms with Crippen LogP contribution in [0, 0.1) is 0 Å². The fourth-order valence-corrected chi connectivity index (χ4v) is 4.42. The molecule has 1 N–H and O–H groups in total. The van der Waals surface area contributed by atoms with Crippen molar-refractivity contribution < 1.29 is 13.2 Å². The van der Waals surface area contributed by atoms with E-state index in [0.717, 1.165) is 17.5 Å². The largest absolute Gasteiger partial charge is 0.326 e. The zero-order valence-corrected chi connectivity index (χ0v) is 14.0. The van der Waals surface area contributed by atoms with Gasteiger partial charge in [0.15, 0.2) is 9.84 Å². The van der Waals surface area contributed by atoms with Gasteiger partial charge in [-0.3, -0.25) is 4.79 Å². The predicted octanol–water partition coefficient (Wildman–Crippen LogP) is 3.24. The third-order valence-corrected chi connectivity index (χ3v) is 5.96. The summed E-state index contributed by atoms with van der Waals surface area (Å²) in [5.74, 6) is 0.0494. The first-order valence-electron chi connectivity index (χ1n) is 7.34. The molecule has 6 heteroatoms. The van der Waals surface area contributed by atoms with E-state index < -0.39 is 9.84 Å². The van der Waals surface area contributed by atoms with Gasteiger partial charge in [0.05, 0.1) is 17.1 Å². The number of hydrogen-bond donors (Lipinski definition) is 1. The number of carbonyl (C=O) groups excluding carboxylic acids is 1. The predicted molar refractivity (Wildman–Crippen MR) is 90.6 cm³/mol. The summed E-state index contributed by atoms with van der Waals surface area (Å²) < 4.78 is 24.0. The van der Waals surface area contributed by atoms with Crippen LogP contribution in [-0.2, 0) is 27.5 Å². The molecule has 1 heterocycles. The smallest absolute Gasteiger partial charge is 0.228 e. The van der Waals surface area contributed by atoms with Gasteiger partial charge < -0.3 is 5.32 Å². The number of fused-ring (bicyclic) bond motifs is 1. The third-order valence-electron chi connectivity index (χ3n) is 3.82. The van der Waals surface area contributed by atoms with Crippen LogP contribution < -0.4 is 5.32 Å². The molecule has 23 heavy (non-hydrogen) atoms. The van der Waals surface area contributed by atoms with Crippen molar-refractivity contribution in [2.45, 2.75) is 24.2 Å². The van der Waals surface area contributed by atoms with E-state index in [1.165, 1.54) is 0 Å². The highest BCUT2D eigenvalue weighted by Gasteiger charge is 2.23. The summed E-state index contributed by atoms with van der Waals surface area (Å²) in [7, 11) is -3.17. The topological polar surface area (TPSA) is 63.2 Å². The van der Waals surface area contributed by atoms with Gasteiger partial charge in [-0.15, -0.1) is 0 Å². The lowest BCUT2D eigenvalue weighted by Gasteiger charge is -2.17. The number of hydrogen-bond acceptors (Lipinski definition) is 3. The number of carbonyl (C=O) groups is 1. The van der Waals surface area contributed by atoms with Crippen LogP contribution in [0.15, 0.2) is 47.4 Å². The maximum absolute atomic E-state index is 12.1. The lowest BCUT2D eigenvalue weighted by molar-refractivity contribution is -0.115. The number of anilines is 1. The van der Waals surface area contributed by atoms with E-state index in [0.29, 0.717) is 22.0 Å². The molecule has 1 aliphatic heterocycles. The zero-order valence-electron chi connectivity index (χ0n) is 12.4. The van der Waals surface area contributed by atoms with E-state index in [-0.39, 0.29) is 18.1 Å². The van der Waals surface area contributed by atoms with Gasteiger partial charge in [-0.25, -0.2) is 8.42 Å². The molecule has 1 amide bonds. The molecule has 0 atom stereocenters. The van der Waals surface area contributed by atoms with Crippen molar-refractivity contribution >= 4 is 33.0 Å². The monoisotopic (exact) mass is 349 g/mol. The normalized spacial score (nSPS) is 15.7. The molecular weight excluding hydrogens is 334 g/mol. The summed E-state index contributed by atoms with van der Waals surface area (Å²) in [6, 6.07) is 12.1. The van der Waals surface area contributed by atoms with Crippen LogP contribution in [0.2, 0.25) is 5.02 Å². The van der Waals surface area contributed by atoms with E-state index in [1.54, 1.807) is 42.5 Å². The molecule has 0 saturated heterocycles. The lowest BCUT2D eigenvalue weighted by Crippen LogP contribution is -2.18. The van der Waals surface area contributed by atoms with Crippen LogP contribution in [0.4, 0.5) is 5.69 Å². The highest BCUT2D eigenvalue weighted by molar-refractivity contribution is 7.91. The molecule has 0 aromatic heterocycles. The molecular formula is C17H16ClNO3S. The van der Waals surface area contributed by atoms with Gasteiger partial charge in [-0.1, -0.05) is 23.7 Å². The number of halogens is 1. The van der Waals surface area contributed by atoms with E-state index >= 15 is 0 Å². The van der Waals surface area contributed by atoms with Crippen molar-refractivity contribution in [3.63, 3.8) is 0 Å². The first-order valence-corrected chi connectivity index (χ1v) is 9.37. The molecule has 0 unspecified atom stereocenters. The van der Waals surface area contributed by atoms with Crippen LogP contribution in [0.25, 0.3) is 0 Å². The Morgan fingerprint density at radius 1 is 1.13 bits per heavy atom. The van der Waals surface area contributed by atoms with Gasteiger partial charge in [0.2, 0.25) is 5.91 Å². The number of rotatable bonds is 3. The van der Waals surface area contributed by atoms with Crippen molar-refractivity contribution in [3.8, 4) is 0 Å². The minimum atomic E-state index is -3.17. The van der Waals surface area contributed by atoms with Crippen LogP contribution in [0.5, 0.6) is 0 Å². The summed E-state index contributed by atoms with van der Waals surface area (Å²) in [6.45, 7) is 0. The van der Waals surface area contributed by atoms with Crippen molar-refractivity contribution in [1.82, 2.24) is 0 Å². The van der Waals surface area contributed by atoms with E-state index in [9.17, 15) is 13.2 Å². The average molecular weight is 350 g/mol. The van der Waals surface area contributed by atoms with Crippen LogP contribution in [0.1, 0.15) is 17.5 Å². The number of amides is 1. The molecule has 0 radical (unpaired) electrons. The number of aryl methyl sites for hydroxylation is 1. The molecule has 120 valence electrons. The SMILES string of the molecule is O=C(Cc1ccc(Cl)cc1)Nc1ccc2c(c1)CCCS2(=O)=O. The minimum Gasteiger partial charge on any atom is -0.326 e. The van der Waals surface area contributed by atoms with Crippen molar-refractivity contribution in [2.75, 3.05) is 11.1 Å². The quantitative estimate of drug-likeness (QED) is 0.925. The zero-order chi connectivity index (χ0) is 16.4. The molecule has 2 aromatic rings. The van der Waals surface area contributed by atoms with Crippen molar-refractivity contribution in [1.29, 1.82) is 0 Å². The molecule has 1 aliphatic rings. The molecule has 0 fully saturated rings. The highest BCUT2D eigenvalue weighted by Crippen LogP contribution is 2.27. The van der Waals surface area contributed by atoms with Gasteiger partial charge in [0, 0.05) is 10.7 Å². The summed E-state index contributed by atoms with van der Waals surface area (Å²) in [4.78, 5) is 12.5. The van der Waals surface area contributed by atoms with Crippen LogP contribution in [-0.4, -0.2) is 20.1 Å². The molecule has 0 bridgehead atoms. The standard InChI is InChI=1S/C17H16ClNO3S/c18-14-5-3-12(4-6-14)10-17(20)19-15-7-8-16-13(11-15)2-1-9-23(16,21)22/h3-8,11H,1-2,9-10H2,(H,19,20). The Morgan fingerprint density at radius 2 is 1.87 bits per heavy atom. The number of sulfone groups is 1. The second-order valence-corrected chi connectivity index (χ2v) is 8.11. The molecule has 0 spiro atoms. The Bertz CT molecular complexity index is 845. The summed E-state index contributed by atoms with van der Waals surface area (Å²) in [5.41, 5.74) is 2.27. The summed E-state index contributed by atoms with van der Waals surface area (Å²) in [6.07, 6.45) is 1.58. The maximum Gasteiger partial charge on any atom is 0.228 e. The average Bonchev–Trinajstić information content (AvgIpc) is 2.49. The van der Waals surface area contributed by atoms with E-state index in [2.05, 4.69) is 5.32 Å². The Balaban J connectivity index is 1.73. The fourth-order valence-electron chi connectivity index (χ4n) is 2.71.